The largest absolute Gasteiger partial charge is 0.182 e. The van der Waals surface area contributed by atoms with Crippen LogP contribution in [-0.4, -0.2) is 28.3 Å². The van der Waals surface area contributed by atoms with Crippen molar-refractivity contribution in [1.29, 1.82) is 0 Å². The first-order valence-corrected chi connectivity index (χ1v) is 3.06. The van der Waals surface area contributed by atoms with Crippen molar-refractivity contribution in [3.8, 4) is 0 Å². The third kappa shape index (κ3) is 4.14. The predicted molar refractivity (Wildman–Crippen MR) is 34.1 cm³/mol. The Kier molecular flexibility index (Phi) is 3.46. The third-order valence-electron chi connectivity index (χ3n) is 1.20. The smallest absolute Gasteiger partial charge is 0.145 e. The molecule has 0 fully saturated rings. The van der Waals surface area contributed by atoms with E-state index in [2.05, 4.69) is 6.58 Å². The molecule has 0 aliphatic heterocycles. The molecule has 0 atom stereocenters. The van der Waals surface area contributed by atoms with E-state index in [1.165, 1.54) is 0 Å². The van der Waals surface area contributed by atoms with Crippen LogP contribution in [0, 0.1) is 0 Å². The van der Waals surface area contributed by atoms with Gasteiger partial charge in [-0.05, 0) is 11.7 Å². The lowest BCUT2D eigenvalue weighted by Gasteiger charge is -2.17. The van der Waals surface area contributed by atoms with Gasteiger partial charge in [0.2, 0.25) is 0 Å². The van der Waals surface area contributed by atoms with Gasteiger partial charge in [-0.15, -0.1) is 6.58 Å². The van der Waals surface area contributed by atoms with Gasteiger partial charge in [0.25, 0.3) is 0 Å². The molecule has 0 saturated carbocycles. The van der Waals surface area contributed by atoms with Crippen LogP contribution in [0.1, 0.15) is 13.3 Å². The summed E-state index contributed by atoms with van der Waals surface area (Å²) in [5, 5.41) is 17.8. The fourth-order valence-electron chi connectivity index (χ4n) is 0.456. The highest BCUT2D eigenvalue weighted by molar-refractivity contribution is 4.63. The summed E-state index contributed by atoms with van der Waals surface area (Å²) in [7, 11) is 0. The summed E-state index contributed by atoms with van der Waals surface area (Å²) in [6.07, 6.45) is 2.29. The van der Waals surface area contributed by atoms with Gasteiger partial charge in [0.15, 0.2) is 0 Å². The highest BCUT2D eigenvalue weighted by Gasteiger charge is 2.16. The van der Waals surface area contributed by atoms with E-state index in [1.807, 2.05) is 0 Å². The lowest BCUT2D eigenvalue weighted by atomic mass is 10.4. The van der Waals surface area contributed by atoms with E-state index >= 15 is 0 Å². The van der Waals surface area contributed by atoms with E-state index in [0.717, 1.165) is 0 Å². The Hall–Kier alpha value is -0.380. The molecule has 0 aliphatic carbocycles. The zero-order chi connectivity index (χ0) is 7.33. The van der Waals surface area contributed by atoms with Crippen LogP contribution in [0.15, 0.2) is 12.7 Å². The molecule has 0 aromatic carbocycles. The zero-order valence-corrected chi connectivity index (χ0v) is 5.75. The third-order valence-corrected chi connectivity index (χ3v) is 1.20. The summed E-state index contributed by atoms with van der Waals surface area (Å²) in [5.41, 5.74) is 0. The molecule has 0 rings (SSSR count). The van der Waals surface area contributed by atoms with Gasteiger partial charge in [-0.1, -0.05) is 6.08 Å². The molecule has 0 bridgehead atoms. The zero-order valence-electron chi connectivity index (χ0n) is 5.75. The summed E-state index contributed by atoms with van der Waals surface area (Å²) in [4.78, 5) is -0.897. The van der Waals surface area contributed by atoms with Gasteiger partial charge in [0, 0.05) is 6.42 Å². The first-order chi connectivity index (χ1) is 4.12. The maximum Gasteiger partial charge on any atom is 0.145 e. The maximum atomic E-state index is 8.90. The summed E-state index contributed by atoms with van der Waals surface area (Å²) in [6, 6.07) is 0. The summed E-state index contributed by atoms with van der Waals surface area (Å²) >= 11 is 0. The van der Waals surface area contributed by atoms with Gasteiger partial charge < -0.3 is 0 Å². The van der Waals surface area contributed by atoms with Gasteiger partial charge in [0.1, 0.15) is 13.1 Å². The highest BCUT2D eigenvalue weighted by Crippen LogP contribution is 1.96. The topological polar surface area (TPSA) is 40.5 Å². The Morgan fingerprint density at radius 1 is 1.56 bits per heavy atom. The van der Waals surface area contributed by atoms with Crippen LogP contribution >= 0.6 is 0 Å². The van der Waals surface area contributed by atoms with Crippen molar-refractivity contribution in [2.24, 2.45) is 0 Å². The second-order valence-electron chi connectivity index (χ2n) is 2.00. The van der Waals surface area contributed by atoms with Crippen molar-refractivity contribution in [3.63, 3.8) is 0 Å². The van der Waals surface area contributed by atoms with Crippen LogP contribution in [-0.2, 0) is 0 Å². The minimum absolute atomic E-state index is 0.313. The quantitative estimate of drug-likeness (QED) is 0.342. The number of nitrogens with zero attached hydrogens (tertiary/aromatic N) is 1. The maximum absolute atomic E-state index is 8.90. The minimum atomic E-state index is -0.897. The molecule has 0 saturated heterocycles. The van der Waals surface area contributed by atoms with Gasteiger partial charge in [-0.25, -0.2) is 0 Å². The molecule has 0 spiro atoms. The van der Waals surface area contributed by atoms with E-state index in [0.29, 0.717) is 19.5 Å². The van der Waals surface area contributed by atoms with Gasteiger partial charge >= 0.3 is 0 Å². The molecular formula is C6H14NO2+. The highest BCUT2D eigenvalue weighted by atomic mass is 16.8. The van der Waals surface area contributed by atoms with Gasteiger partial charge in [-0.2, -0.15) is 10.4 Å². The molecule has 0 aliphatic rings. The first-order valence-electron chi connectivity index (χ1n) is 3.06. The molecule has 0 aromatic heterocycles. The van der Waals surface area contributed by atoms with Crippen molar-refractivity contribution in [2.75, 3.05) is 13.1 Å². The van der Waals surface area contributed by atoms with Crippen LogP contribution < -0.4 is 0 Å². The van der Waals surface area contributed by atoms with Crippen LogP contribution in [0.25, 0.3) is 0 Å². The van der Waals surface area contributed by atoms with Crippen LogP contribution in [0.3, 0.4) is 0 Å². The number of hydrogen-bond donors (Lipinski definition) is 2. The Morgan fingerprint density at radius 2 is 2.11 bits per heavy atom. The van der Waals surface area contributed by atoms with Crippen molar-refractivity contribution in [1.82, 2.24) is 0 Å². The normalized spacial score (nSPS) is 11.4. The molecule has 3 heteroatoms. The molecule has 0 unspecified atom stereocenters. The standard InChI is InChI=1S/C6H14NO2/c1-3-5-6-7(8,9)4-2/h3,8-9H,1,4-6H2,2H3/q+1. The van der Waals surface area contributed by atoms with Crippen molar-refractivity contribution in [2.45, 2.75) is 13.3 Å². The molecule has 0 heterocycles. The monoisotopic (exact) mass is 132 g/mol. The number of hydrogen-bond acceptors (Lipinski definition) is 2. The molecule has 54 valence electrons. The fourth-order valence-corrected chi connectivity index (χ4v) is 0.456. The lowest BCUT2D eigenvalue weighted by Crippen LogP contribution is -2.41. The summed E-state index contributed by atoms with van der Waals surface area (Å²) in [6.45, 7) is 5.81. The second-order valence-corrected chi connectivity index (χ2v) is 2.00. The fraction of sp³-hybridized carbons (Fsp3) is 0.667. The molecule has 0 radical (unpaired) electrons. The molecule has 0 amide bonds. The Bertz CT molecular complexity index is 91.1. The Balaban J connectivity index is 3.44. The SMILES string of the molecule is C=CCC[N+](O)(O)CC. The van der Waals surface area contributed by atoms with E-state index in [-0.39, 0.29) is 0 Å². The predicted octanol–water partition coefficient (Wildman–Crippen LogP) is 1.18. The molecule has 2 N–H and O–H groups in total. The first kappa shape index (κ1) is 8.62. The average Bonchev–Trinajstić information content (AvgIpc) is 1.84. The second kappa shape index (κ2) is 3.61. The molecule has 0 aromatic rings. The van der Waals surface area contributed by atoms with Crippen LogP contribution in [0.2, 0.25) is 0 Å². The van der Waals surface area contributed by atoms with E-state index in [4.69, 9.17) is 10.4 Å². The number of rotatable bonds is 4. The van der Waals surface area contributed by atoms with E-state index in [9.17, 15) is 0 Å². The molecular weight excluding hydrogens is 118 g/mol. The number of quaternary nitrogens is 1. The molecule has 3 nitrogen and oxygen atoms in total. The van der Waals surface area contributed by atoms with E-state index < -0.39 is 4.81 Å². The minimum Gasteiger partial charge on any atom is -0.182 e. The number of hydroxylamine groups is 4. The van der Waals surface area contributed by atoms with Crippen molar-refractivity contribution >= 4 is 0 Å². The van der Waals surface area contributed by atoms with Crippen LogP contribution in [0.4, 0.5) is 0 Å². The van der Waals surface area contributed by atoms with E-state index in [1.54, 1.807) is 13.0 Å². The van der Waals surface area contributed by atoms with Crippen molar-refractivity contribution in [3.05, 3.63) is 12.7 Å². The Labute approximate surface area is 55.3 Å². The summed E-state index contributed by atoms with van der Waals surface area (Å²) < 4.78 is 0. The summed E-state index contributed by atoms with van der Waals surface area (Å²) in [5.74, 6) is 0. The van der Waals surface area contributed by atoms with Crippen LogP contribution in [0.5, 0.6) is 0 Å². The average molecular weight is 132 g/mol. The van der Waals surface area contributed by atoms with Gasteiger partial charge in [-0.3, -0.25) is 0 Å². The molecule has 9 heavy (non-hydrogen) atoms. The Morgan fingerprint density at radius 3 is 2.44 bits per heavy atom. The van der Waals surface area contributed by atoms with Crippen molar-refractivity contribution < 1.29 is 15.2 Å². The lowest BCUT2D eigenvalue weighted by molar-refractivity contribution is -1.24. The van der Waals surface area contributed by atoms with Gasteiger partial charge in [0.05, 0.1) is 0 Å².